The number of rotatable bonds is 3. The summed E-state index contributed by atoms with van der Waals surface area (Å²) in [6, 6.07) is 0. The zero-order valence-corrected chi connectivity index (χ0v) is 8.15. The molecule has 0 radical (unpaired) electrons. The largest absolute Gasteiger partial charge is 0.463 e. The maximum Gasteiger partial charge on any atom is 0.302 e. The summed E-state index contributed by atoms with van der Waals surface area (Å²) in [4.78, 5) is 14.6. The van der Waals surface area contributed by atoms with Crippen LogP contribution in [0.3, 0.4) is 0 Å². The van der Waals surface area contributed by atoms with Gasteiger partial charge in [-0.2, -0.15) is 0 Å². The van der Waals surface area contributed by atoms with Gasteiger partial charge in [0.05, 0.1) is 11.9 Å². The highest BCUT2D eigenvalue weighted by atomic mass is 16.5. The average molecular weight is 182 g/mol. The molecule has 0 amide bonds. The second-order valence-corrected chi connectivity index (χ2v) is 3.56. The van der Waals surface area contributed by atoms with Crippen LogP contribution < -0.4 is 0 Å². The van der Waals surface area contributed by atoms with Gasteiger partial charge in [-0.1, -0.05) is 0 Å². The molecule has 0 aliphatic heterocycles. The van der Waals surface area contributed by atoms with Gasteiger partial charge in [0.25, 0.3) is 0 Å². The van der Waals surface area contributed by atoms with Crippen LogP contribution in [0.1, 0.15) is 20.8 Å². The van der Waals surface area contributed by atoms with E-state index in [2.05, 4.69) is 4.98 Å². The van der Waals surface area contributed by atoms with Crippen LogP contribution in [0, 0.1) is 0 Å². The molecule has 0 aromatic carbocycles. The molecule has 0 unspecified atom stereocenters. The Kier molecular flexibility index (Phi) is 2.70. The number of carbonyl (C=O) groups is 1. The molecule has 0 N–H and O–H groups in total. The van der Waals surface area contributed by atoms with Crippen LogP contribution in [-0.4, -0.2) is 22.1 Å². The molecule has 0 bridgehead atoms. The van der Waals surface area contributed by atoms with Crippen LogP contribution in [0.15, 0.2) is 18.7 Å². The molecule has 0 spiro atoms. The second-order valence-electron chi connectivity index (χ2n) is 3.56. The Hall–Kier alpha value is -1.32. The Morgan fingerprint density at radius 2 is 2.31 bits per heavy atom. The van der Waals surface area contributed by atoms with Gasteiger partial charge in [-0.15, -0.1) is 0 Å². The summed E-state index contributed by atoms with van der Waals surface area (Å²) in [6.07, 6.45) is 5.27. The number of ether oxygens (including phenoxy) is 1. The van der Waals surface area contributed by atoms with E-state index >= 15 is 0 Å². The first-order valence-corrected chi connectivity index (χ1v) is 4.14. The van der Waals surface area contributed by atoms with Gasteiger partial charge in [0.2, 0.25) is 0 Å². The van der Waals surface area contributed by atoms with Crippen molar-refractivity contribution in [3.05, 3.63) is 18.7 Å². The molecule has 0 saturated heterocycles. The molecular weight excluding hydrogens is 168 g/mol. The predicted octanol–water partition coefficient (Wildman–Crippen LogP) is 1.18. The second kappa shape index (κ2) is 3.60. The van der Waals surface area contributed by atoms with Crippen molar-refractivity contribution >= 4 is 5.97 Å². The molecule has 0 aliphatic rings. The molecule has 0 fully saturated rings. The summed E-state index contributed by atoms with van der Waals surface area (Å²) in [5.41, 5.74) is -0.234. The van der Waals surface area contributed by atoms with E-state index in [-0.39, 0.29) is 11.5 Å². The SMILES string of the molecule is CC(=O)OCC(C)(C)n1ccnc1. The van der Waals surface area contributed by atoms with E-state index in [0.717, 1.165) is 0 Å². The topological polar surface area (TPSA) is 44.1 Å². The fourth-order valence-corrected chi connectivity index (χ4v) is 0.970. The minimum absolute atomic E-state index is 0.234. The average Bonchev–Trinajstić information content (AvgIpc) is 2.53. The number of imidazole rings is 1. The first-order valence-electron chi connectivity index (χ1n) is 4.14. The van der Waals surface area contributed by atoms with Crippen molar-refractivity contribution in [1.82, 2.24) is 9.55 Å². The molecule has 1 aromatic heterocycles. The Labute approximate surface area is 77.5 Å². The van der Waals surface area contributed by atoms with E-state index in [9.17, 15) is 4.79 Å². The van der Waals surface area contributed by atoms with Crippen molar-refractivity contribution in [2.45, 2.75) is 26.3 Å². The first kappa shape index (κ1) is 9.77. The minimum atomic E-state index is -0.256. The molecule has 1 heterocycles. The van der Waals surface area contributed by atoms with Crippen LogP contribution in [0.2, 0.25) is 0 Å². The van der Waals surface area contributed by atoms with Gasteiger partial charge >= 0.3 is 5.97 Å². The molecule has 0 saturated carbocycles. The van der Waals surface area contributed by atoms with Gasteiger partial charge in [-0.25, -0.2) is 4.98 Å². The number of hydrogen-bond acceptors (Lipinski definition) is 3. The fourth-order valence-electron chi connectivity index (χ4n) is 0.970. The monoisotopic (exact) mass is 182 g/mol. The van der Waals surface area contributed by atoms with Crippen molar-refractivity contribution in [2.75, 3.05) is 6.61 Å². The van der Waals surface area contributed by atoms with Crippen molar-refractivity contribution in [3.8, 4) is 0 Å². The predicted molar refractivity (Wildman–Crippen MR) is 48.2 cm³/mol. The molecule has 4 heteroatoms. The van der Waals surface area contributed by atoms with Crippen LogP contribution in [-0.2, 0) is 15.1 Å². The summed E-state index contributed by atoms with van der Waals surface area (Å²) < 4.78 is 6.86. The smallest absolute Gasteiger partial charge is 0.302 e. The molecule has 72 valence electrons. The third kappa shape index (κ3) is 2.57. The van der Waals surface area contributed by atoms with Crippen molar-refractivity contribution < 1.29 is 9.53 Å². The summed E-state index contributed by atoms with van der Waals surface area (Å²) in [7, 11) is 0. The maximum atomic E-state index is 10.6. The quantitative estimate of drug-likeness (QED) is 0.659. The summed E-state index contributed by atoms with van der Waals surface area (Å²) in [5.74, 6) is -0.256. The van der Waals surface area contributed by atoms with Crippen LogP contribution in [0.5, 0.6) is 0 Å². The summed E-state index contributed by atoms with van der Waals surface area (Å²) >= 11 is 0. The fraction of sp³-hybridized carbons (Fsp3) is 0.556. The van der Waals surface area contributed by atoms with E-state index in [1.165, 1.54) is 6.92 Å². The van der Waals surface area contributed by atoms with Crippen LogP contribution in [0.25, 0.3) is 0 Å². The third-order valence-electron chi connectivity index (χ3n) is 1.83. The van der Waals surface area contributed by atoms with Crippen LogP contribution >= 0.6 is 0 Å². The highest BCUT2D eigenvalue weighted by molar-refractivity contribution is 5.65. The number of aromatic nitrogens is 2. The number of carbonyl (C=O) groups excluding carboxylic acids is 1. The number of hydrogen-bond donors (Lipinski definition) is 0. The molecule has 4 nitrogen and oxygen atoms in total. The van der Waals surface area contributed by atoms with Crippen molar-refractivity contribution in [1.29, 1.82) is 0 Å². The molecule has 0 aliphatic carbocycles. The molecule has 1 aromatic rings. The van der Waals surface area contributed by atoms with E-state index in [1.807, 2.05) is 24.6 Å². The minimum Gasteiger partial charge on any atom is -0.463 e. The van der Waals surface area contributed by atoms with Gasteiger partial charge in [0, 0.05) is 19.3 Å². The van der Waals surface area contributed by atoms with Crippen LogP contribution in [0.4, 0.5) is 0 Å². The molecule has 13 heavy (non-hydrogen) atoms. The molecule has 1 rings (SSSR count). The highest BCUT2D eigenvalue weighted by Gasteiger charge is 2.20. The zero-order valence-electron chi connectivity index (χ0n) is 8.15. The molecule has 0 atom stereocenters. The Morgan fingerprint density at radius 3 is 2.77 bits per heavy atom. The van der Waals surface area contributed by atoms with Gasteiger partial charge in [-0.3, -0.25) is 4.79 Å². The van der Waals surface area contributed by atoms with Crippen molar-refractivity contribution in [2.24, 2.45) is 0 Å². The highest BCUT2D eigenvalue weighted by Crippen LogP contribution is 2.14. The lowest BCUT2D eigenvalue weighted by Gasteiger charge is -2.25. The lowest BCUT2D eigenvalue weighted by molar-refractivity contribution is -0.143. The van der Waals surface area contributed by atoms with Gasteiger partial charge in [0.1, 0.15) is 6.61 Å². The van der Waals surface area contributed by atoms with E-state index in [1.54, 1.807) is 12.5 Å². The van der Waals surface area contributed by atoms with E-state index in [0.29, 0.717) is 6.61 Å². The molecular formula is C9H14N2O2. The number of esters is 1. The van der Waals surface area contributed by atoms with E-state index < -0.39 is 0 Å². The lowest BCUT2D eigenvalue weighted by Crippen LogP contribution is -2.31. The zero-order chi connectivity index (χ0) is 9.90. The first-order chi connectivity index (χ1) is 6.02. The van der Waals surface area contributed by atoms with Gasteiger partial charge in [-0.05, 0) is 13.8 Å². The third-order valence-corrected chi connectivity index (χ3v) is 1.83. The Morgan fingerprint density at radius 1 is 1.62 bits per heavy atom. The van der Waals surface area contributed by atoms with Gasteiger partial charge < -0.3 is 9.30 Å². The van der Waals surface area contributed by atoms with Gasteiger partial charge in [0.15, 0.2) is 0 Å². The Balaban J connectivity index is 2.61. The summed E-state index contributed by atoms with van der Waals surface area (Å²) in [6.45, 7) is 5.73. The maximum absolute atomic E-state index is 10.6. The normalized spacial score (nSPS) is 11.3. The number of nitrogens with zero attached hydrogens (tertiary/aromatic N) is 2. The Bertz CT molecular complexity index is 278. The lowest BCUT2D eigenvalue weighted by atomic mass is 10.1. The van der Waals surface area contributed by atoms with Crippen molar-refractivity contribution in [3.63, 3.8) is 0 Å². The summed E-state index contributed by atoms with van der Waals surface area (Å²) in [5, 5.41) is 0. The van der Waals surface area contributed by atoms with E-state index in [4.69, 9.17) is 4.74 Å². The standard InChI is InChI=1S/C9H14N2O2/c1-8(12)13-6-9(2,3)11-5-4-10-7-11/h4-5,7H,6H2,1-3H3.